The predicted molar refractivity (Wildman–Crippen MR) is 135 cm³/mol. The Hall–Kier alpha value is -4.91. The molecule has 34 heavy (non-hydrogen) atoms. The third-order valence-electron chi connectivity index (χ3n) is 5.26. The molecule has 7 nitrogen and oxygen atoms in total. The van der Waals surface area contributed by atoms with E-state index in [4.69, 9.17) is 0 Å². The van der Waals surface area contributed by atoms with Crippen LogP contribution in [-0.4, -0.2) is 21.9 Å². The van der Waals surface area contributed by atoms with Crippen LogP contribution >= 0.6 is 0 Å². The lowest BCUT2D eigenvalue weighted by Gasteiger charge is -2.11. The summed E-state index contributed by atoms with van der Waals surface area (Å²) in [5.41, 5.74) is 4.97. The topological polar surface area (TPSA) is 98.9 Å². The molecule has 0 atom stereocenters. The van der Waals surface area contributed by atoms with Crippen LogP contribution in [0.5, 0.6) is 0 Å². The van der Waals surface area contributed by atoms with Gasteiger partial charge in [0.05, 0.1) is 16.7 Å². The zero-order chi connectivity index (χ0) is 23.3. The third-order valence-corrected chi connectivity index (χ3v) is 5.26. The summed E-state index contributed by atoms with van der Waals surface area (Å²) in [5, 5.41) is 8.47. The summed E-state index contributed by atoms with van der Waals surface area (Å²) in [6.07, 6.45) is 0. The number of aromatic amines is 1. The summed E-state index contributed by atoms with van der Waals surface area (Å²) in [5.74, 6) is 0.421. The number of amides is 3. The summed E-state index contributed by atoms with van der Waals surface area (Å²) in [6, 6.07) is 30.8. The molecule has 0 saturated carbocycles. The number of fused-ring (bicyclic) bond motifs is 1. The number of anilines is 3. The van der Waals surface area contributed by atoms with Crippen LogP contribution in [0.4, 0.5) is 21.9 Å². The molecule has 0 aliphatic heterocycles. The predicted octanol–water partition coefficient (Wildman–Crippen LogP) is 6.13. The highest BCUT2D eigenvalue weighted by atomic mass is 16.2. The Kier molecular flexibility index (Phi) is 5.73. The normalized spacial score (nSPS) is 10.6. The van der Waals surface area contributed by atoms with Gasteiger partial charge in [-0.05, 0) is 60.7 Å². The van der Waals surface area contributed by atoms with Gasteiger partial charge < -0.3 is 20.9 Å². The Morgan fingerprint density at radius 1 is 0.647 bits per heavy atom. The van der Waals surface area contributed by atoms with E-state index in [1.54, 1.807) is 36.4 Å². The average molecular weight is 447 g/mol. The summed E-state index contributed by atoms with van der Waals surface area (Å²) >= 11 is 0. The van der Waals surface area contributed by atoms with E-state index < -0.39 is 0 Å². The van der Waals surface area contributed by atoms with Crippen molar-refractivity contribution in [2.45, 2.75) is 0 Å². The van der Waals surface area contributed by atoms with E-state index in [-0.39, 0.29) is 11.9 Å². The molecule has 0 bridgehead atoms. The molecule has 166 valence electrons. The second-order valence-electron chi connectivity index (χ2n) is 7.62. The van der Waals surface area contributed by atoms with Gasteiger partial charge in [0, 0.05) is 22.5 Å². The minimum absolute atomic E-state index is 0.260. The van der Waals surface area contributed by atoms with Gasteiger partial charge in [0.25, 0.3) is 5.91 Å². The molecule has 0 fully saturated rings. The maximum absolute atomic E-state index is 12.9. The van der Waals surface area contributed by atoms with Crippen LogP contribution < -0.4 is 16.0 Å². The quantitative estimate of drug-likeness (QED) is 0.261. The zero-order valence-electron chi connectivity index (χ0n) is 18.1. The second kappa shape index (κ2) is 9.30. The van der Waals surface area contributed by atoms with Crippen LogP contribution in [0, 0.1) is 0 Å². The molecular formula is C27H21N5O2. The number of urea groups is 1. The van der Waals surface area contributed by atoms with E-state index >= 15 is 0 Å². The van der Waals surface area contributed by atoms with Gasteiger partial charge in [0.1, 0.15) is 5.82 Å². The molecule has 0 aliphatic carbocycles. The zero-order valence-corrected chi connectivity index (χ0v) is 18.1. The molecule has 1 heterocycles. The van der Waals surface area contributed by atoms with Crippen molar-refractivity contribution >= 4 is 40.0 Å². The maximum Gasteiger partial charge on any atom is 0.323 e. The Labute approximate surface area is 195 Å². The molecule has 0 radical (unpaired) electrons. The number of hydrogen-bond donors (Lipinski definition) is 4. The molecule has 0 spiro atoms. The van der Waals surface area contributed by atoms with Gasteiger partial charge in [-0.15, -0.1) is 0 Å². The number of rotatable bonds is 5. The molecule has 4 N–H and O–H groups in total. The van der Waals surface area contributed by atoms with Crippen LogP contribution in [0.3, 0.4) is 0 Å². The summed E-state index contributed by atoms with van der Waals surface area (Å²) in [6.45, 7) is 0. The van der Waals surface area contributed by atoms with Crippen LogP contribution in [0.25, 0.3) is 22.4 Å². The monoisotopic (exact) mass is 447 g/mol. The van der Waals surface area contributed by atoms with Crippen LogP contribution in [-0.2, 0) is 0 Å². The van der Waals surface area contributed by atoms with Gasteiger partial charge in [0.2, 0.25) is 0 Å². The number of benzene rings is 4. The third kappa shape index (κ3) is 4.63. The smallest absolute Gasteiger partial charge is 0.323 e. The van der Waals surface area contributed by atoms with Gasteiger partial charge in [-0.2, -0.15) is 0 Å². The van der Waals surface area contributed by atoms with Crippen LogP contribution in [0.2, 0.25) is 0 Å². The molecular weight excluding hydrogens is 426 g/mol. The molecule has 7 heteroatoms. The van der Waals surface area contributed by atoms with Crippen molar-refractivity contribution in [1.29, 1.82) is 0 Å². The van der Waals surface area contributed by atoms with Crippen molar-refractivity contribution < 1.29 is 9.59 Å². The Morgan fingerprint density at radius 3 is 2.06 bits per heavy atom. The molecule has 0 aliphatic rings. The van der Waals surface area contributed by atoms with E-state index in [0.29, 0.717) is 28.5 Å². The molecule has 0 saturated heterocycles. The van der Waals surface area contributed by atoms with Crippen molar-refractivity contribution in [2.75, 3.05) is 16.0 Å². The second-order valence-corrected chi connectivity index (χ2v) is 7.62. The molecule has 1 aromatic heterocycles. The highest BCUT2D eigenvalue weighted by Gasteiger charge is 2.13. The lowest BCUT2D eigenvalue weighted by Crippen LogP contribution is -2.19. The number of hydrogen-bond acceptors (Lipinski definition) is 3. The lowest BCUT2D eigenvalue weighted by molar-refractivity contribution is 0.102. The summed E-state index contributed by atoms with van der Waals surface area (Å²) < 4.78 is 0. The minimum Gasteiger partial charge on any atom is -0.338 e. The Morgan fingerprint density at radius 2 is 1.29 bits per heavy atom. The van der Waals surface area contributed by atoms with E-state index in [1.165, 1.54) is 0 Å². The fraction of sp³-hybridized carbons (Fsp3) is 0. The summed E-state index contributed by atoms with van der Waals surface area (Å²) in [4.78, 5) is 33.0. The minimum atomic E-state index is -0.358. The number of carbonyl (C=O) groups is 2. The first-order valence-electron chi connectivity index (χ1n) is 10.7. The number of aromatic nitrogens is 2. The number of nitrogens with zero attached hydrogens (tertiary/aromatic N) is 1. The molecule has 5 rings (SSSR count). The molecule has 3 amide bonds. The number of H-pyrrole nitrogens is 1. The maximum atomic E-state index is 12.9. The Bertz CT molecular complexity index is 1430. The number of nitrogens with one attached hydrogen (secondary N) is 4. The fourth-order valence-corrected chi connectivity index (χ4v) is 3.59. The fourth-order valence-electron chi connectivity index (χ4n) is 3.59. The SMILES string of the molecule is O=C(Nc1ccccc1)Nc1ccc(C(=O)Nc2ccccc2-c2nc3ccccc3[nH]2)cc1. The molecule has 0 unspecified atom stereocenters. The first-order chi connectivity index (χ1) is 16.7. The van der Waals surface area contributed by atoms with Gasteiger partial charge in [-0.3, -0.25) is 4.79 Å². The van der Waals surface area contributed by atoms with Crippen molar-refractivity contribution in [3.8, 4) is 11.4 Å². The molecule has 5 aromatic rings. The highest BCUT2D eigenvalue weighted by molar-refractivity contribution is 6.07. The van der Waals surface area contributed by atoms with Crippen molar-refractivity contribution in [3.05, 3.63) is 109 Å². The number of para-hydroxylation sites is 4. The summed E-state index contributed by atoms with van der Waals surface area (Å²) in [7, 11) is 0. The van der Waals surface area contributed by atoms with Crippen LogP contribution in [0.15, 0.2) is 103 Å². The standard InChI is InChI=1S/C27H21N5O2/c33-26(18-14-16-20(17-15-18)29-27(34)28-19-8-2-1-3-9-19)32-22-11-5-4-10-21(22)25-30-23-12-6-7-13-24(23)31-25/h1-17H,(H,30,31)(H,32,33)(H2,28,29,34). The largest absolute Gasteiger partial charge is 0.338 e. The average Bonchev–Trinajstić information content (AvgIpc) is 3.29. The first-order valence-corrected chi connectivity index (χ1v) is 10.7. The lowest BCUT2D eigenvalue weighted by atomic mass is 10.1. The van der Waals surface area contributed by atoms with Crippen LogP contribution in [0.1, 0.15) is 10.4 Å². The highest BCUT2D eigenvalue weighted by Crippen LogP contribution is 2.28. The van der Waals surface area contributed by atoms with Gasteiger partial charge >= 0.3 is 6.03 Å². The number of imidazole rings is 1. The van der Waals surface area contributed by atoms with Gasteiger partial charge in [0.15, 0.2) is 0 Å². The van der Waals surface area contributed by atoms with Crippen molar-refractivity contribution in [3.63, 3.8) is 0 Å². The van der Waals surface area contributed by atoms with E-state index in [0.717, 1.165) is 16.6 Å². The molecule has 4 aromatic carbocycles. The number of carbonyl (C=O) groups excluding carboxylic acids is 2. The van der Waals surface area contributed by atoms with Gasteiger partial charge in [-0.1, -0.05) is 42.5 Å². The van der Waals surface area contributed by atoms with Crippen molar-refractivity contribution in [1.82, 2.24) is 9.97 Å². The van der Waals surface area contributed by atoms with E-state index in [1.807, 2.05) is 66.7 Å². The Balaban J connectivity index is 1.28. The van der Waals surface area contributed by atoms with E-state index in [9.17, 15) is 9.59 Å². The first kappa shape index (κ1) is 21.0. The van der Waals surface area contributed by atoms with E-state index in [2.05, 4.69) is 25.9 Å². The van der Waals surface area contributed by atoms with Gasteiger partial charge in [-0.25, -0.2) is 9.78 Å². The van der Waals surface area contributed by atoms with Crippen molar-refractivity contribution in [2.24, 2.45) is 0 Å².